The lowest BCUT2D eigenvalue weighted by molar-refractivity contribution is -0.134. The number of rotatable bonds is 6. The van der Waals surface area contributed by atoms with Gasteiger partial charge in [-0.1, -0.05) is 17.9 Å². The molecule has 0 bridgehead atoms. The van der Waals surface area contributed by atoms with Crippen LogP contribution in [0.3, 0.4) is 0 Å². The first-order valence-corrected chi connectivity index (χ1v) is 10.0. The predicted molar refractivity (Wildman–Crippen MR) is 117 cm³/mol. The van der Waals surface area contributed by atoms with Gasteiger partial charge < -0.3 is 10.6 Å². The molecule has 2 amide bonds. The normalized spacial score (nSPS) is 11.8. The molecule has 0 aliphatic heterocycles. The standard InChI is InChI=1S/C21H15F3N6O2S/c1-4-17(31)29-18-15(25-3)6-14(9-27-18)13-5-12(7-26-8-13)11(2)19(32)30-20-28-10-16(33-20)21(22,23)24/h4-11H,1H2,2H3,(H,27,29,31)(H,28,30,32). The summed E-state index contributed by atoms with van der Waals surface area (Å²) in [5.74, 6) is -1.74. The number of carbonyl (C=O) groups is 2. The molecule has 8 nitrogen and oxygen atoms in total. The summed E-state index contributed by atoms with van der Waals surface area (Å²) < 4.78 is 38.2. The number of hydrogen-bond acceptors (Lipinski definition) is 6. The molecule has 0 aliphatic carbocycles. The summed E-state index contributed by atoms with van der Waals surface area (Å²) in [4.78, 5) is 38.3. The van der Waals surface area contributed by atoms with E-state index in [4.69, 9.17) is 6.57 Å². The third-order valence-corrected chi connectivity index (χ3v) is 5.37. The molecule has 3 aromatic heterocycles. The molecule has 0 aromatic carbocycles. The zero-order valence-electron chi connectivity index (χ0n) is 17.0. The number of aromatic nitrogens is 3. The first kappa shape index (κ1) is 23.6. The molecule has 0 saturated carbocycles. The molecule has 0 aliphatic rings. The molecular formula is C21H15F3N6O2S. The highest BCUT2D eigenvalue weighted by Gasteiger charge is 2.33. The number of thiazole rings is 1. The van der Waals surface area contributed by atoms with Crippen molar-refractivity contribution >= 4 is 39.8 Å². The minimum absolute atomic E-state index is 0.0807. The van der Waals surface area contributed by atoms with Gasteiger partial charge in [0.15, 0.2) is 5.13 Å². The van der Waals surface area contributed by atoms with Crippen molar-refractivity contribution in [3.8, 4) is 11.1 Å². The Bertz CT molecular complexity index is 1270. The molecule has 1 atom stereocenters. The Balaban J connectivity index is 1.81. The van der Waals surface area contributed by atoms with E-state index in [2.05, 4.69) is 37.0 Å². The van der Waals surface area contributed by atoms with Gasteiger partial charge in [0.1, 0.15) is 10.7 Å². The van der Waals surface area contributed by atoms with E-state index in [1.165, 1.54) is 24.7 Å². The minimum atomic E-state index is -4.53. The summed E-state index contributed by atoms with van der Waals surface area (Å²) in [5, 5.41) is 4.66. The number of carbonyl (C=O) groups excluding carboxylic acids is 2. The van der Waals surface area contributed by atoms with E-state index in [1.54, 1.807) is 13.0 Å². The second-order valence-corrected chi connectivity index (χ2v) is 7.67. The van der Waals surface area contributed by atoms with Crippen LogP contribution in [-0.4, -0.2) is 26.8 Å². The number of amides is 2. The van der Waals surface area contributed by atoms with Gasteiger partial charge in [-0.2, -0.15) is 13.2 Å². The molecule has 3 aromatic rings. The second kappa shape index (κ2) is 9.58. The molecule has 1 unspecified atom stereocenters. The third kappa shape index (κ3) is 5.58. The summed E-state index contributed by atoms with van der Waals surface area (Å²) in [6.45, 7) is 12.2. The number of alkyl halides is 3. The Kier molecular flexibility index (Phi) is 6.83. The zero-order chi connectivity index (χ0) is 24.2. The van der Waals surface area contributed by atoms with Gasteiger partial charge in [0.05, 0.1) is 18.7 Å². The SMILES string of the molecule is [C-]#[N+]c1cc(-c2cncc(C(C)C(=O)Nc3ncc(C(F)(F)F)s3)c2)cnc1NC(=O)C=C. The summed E-state index contributed by atoms with van der Waals surface area (Å²) in [5.41, 5.74) is 1.67. The van der Waals surface area contributed by atoms with E-state index in [1.807, 2.05) is 0 Å². The Morgan fingerprint density at radius 1 is 1.15 bits per heavy atom. The Hall–Kier alpha value is -4.11. The van der Waals surface area contributed by atoms with Crippen LogP contribution in [0.5, 0.6) is 0 Å². The molecular weight excluding hydrogens is 457 g/mol. The molecule has 2 N–H and O–H groups in total. The quantitative estimate of drug-likeness (QED) is 0.387. The van der Waals surface area contributed by atoms with E-state index in [9.17, 15) is 22.8 Å². The Morgan fingerprint density at radius 3 is 2.52 bits per heavy atom. The van der Waals surface area contributed by atoms with Gasteiger partial charge in [0, 0.05) is 24.2 Å². The molecule has 3 rings (SSSR count). The van der Waals surface area contributed by atoms with Crippen LogP contribution < -0.4 is 10.6 Å². The lowest BCUT2D eigenvalue weighted by atomic mass is 9.99. The fourth-order valence-electron chi connectivity index (χ4n) is 2.64. The van der Waals surface area contributed by atoms with Gasteiger partial charge in [0.25, 0.3) is 0 Å². The number of hydrogen-bond donors (Lipinski definition) is 2. The van der Waals surface area contributed by atoms with Crippen molar-refractivity contribution < 1.29 is 22.8 Å². The van der Waals surface area contributed by atoms with Crippen molar-refractivity contribution in [1.29, 1.82) is 0 Å². The van der Waals surface area contributed by atoms with Crippen LogP contribution in [0.4, 0.5) is 29.8 Å². The maximum absolute atomic E-state index is 12.7. The molecule has 33 heavy (non-hydrogen) atoms. The molecule has 3 heterocycles. The van der Waals surface area contributed by atoms with Crippen molar-refractivity contribution in [3.05, 3.63) is 71.4 Å². The minimum Gasteiger partial charge on any atom is -0.316 e. The van der Waals surface area contributed by atoms with Crippen molar-refractivity contribution in [2.75, 3.05) is 10.6 Å². The number of nitrogens with zero attached hydrogens (tertiary/aromatic N) is 4. The topological polar surface area (TPSA) is 101 Å². The second-order valence-electron chi connectivity index (χ2n) is 6.64. The lowest BCUT2D eigenvalue weighted by Crippen LogP contribution is -2.18. The molecule has 0 fully saturated rings. The highest BCUT2D eigenvalue weighted by atomic mass is 32.1. The third-order valence-electron chi connectivity index (χ3n) is 4.42. The van der Waals surface area contributed by atoms with E-state index in [0.717, 1.165) is 6.08 Å². The van der Waals surface area contributed by atoms with Gasteiger partial charge in [0.2, 0.25) is 17.5 Å². The van der Waals surface area contributed by atoms with Crippen LogP contribution in [0.2, 0.25) is 0 Å². The Morgan fingerprint density at radius 2 is 1.88 bits per heavy atom. The zero-order valence-corrected chi connectivity index (χ0v) is 17.8. The fraction of sp³-hybridized carbons (Fsp3) is 0.143. The average molecular weight is 472 g/mol. The maximum atomic E-state index is 12.7. The van der Waals surface area contributed by atoms with E-state index in [-0.39, 0.29) is 16.6 Å². The molecule has 0 radical (unpaired) electrons. The van der Waals surface area contributed by atoms with Gasteiger partial charge in [-0.15, -0.1) is 0 Å². The van der Waals surface area contributed by atoms with Crippen molar-refractivity contribution in [1.82, 2.24) is 15.0 Å². The largest absolute Gasteiger partial charge is 0.427 e. The summed E-state index contributed by atoms with van der Waals surface area (Å²) in [6.07, 6.45) is 1.59. The monoisotopic (exact) mass is 472 g/mol. The van der Waals surface area contributed by atoms with Crippen LogP contribution in [-0.2, 0) is 15.8 Å². The maximum Gasteiger partial charge on any atom is 0.427 e. The number of anilines is 2. The highest BCUT2D eigenvalue weighted by Crippen LogP contribution is 2.35. The molecule has 0 spiro atoms. The van der Waals surface area contributed by atoms with Crippen LogP contribution in [0, 0.1) is 6.57 Å². The lowest BCUT2D eigenvalue weighted by Gasteiger charge is -2.13. The number of halogens is 3. The predicted octanol–water partition coefficient (Wildman–Crippen LogP) is 5.04. The van der Waals surface area contributed by atoms with Gasteiger partial charge in [-0.3, -0.25) is 19.6 Å². The van der Waals surface area contributed by atoms with E-state index < -0.39 is 28.8 Å². The number of pyridine rings is 2. The van der Waals surface area contributed by atoms with Crippen LogP contribution >= 0.6 is 11.3 Å². The summed E-state index contributed by atoms with van der Waals surface area (Å²) in [7, 11) is 0. The average Bonchev–Trinajstić information content (AvgIpc) is 3.27. The highest BCUT2D eigenvalue weighted by molar-refractivity contribution is 7.15. The summed E-state index contributed by atoms with van der Waals surface area (Å²) >= 11 is 0.336. The van der Waals surface area contributed by atoms with E-state index in [0.29, 0.717) is 34.2 Å². The van der Waals surface area contributed by atoms with Gasteiger partial charge >= 0.3 is 6.18 Å². The smallest absolute Gasteiger partial charge is 0.316 e. The van der Waals surface area contributed by atoms with Crippen LogP contribution in [0.25, 0.3) is 16.0 Å². The Labute approximate surface area is 190 Å². The van der Waals surface area contributed by atoms with Crippen molar-refractivity contribution in [2.24, 2.45) is 0 Å². The van der Waals surface area contributed by atoms with Crippen LogP contribution in [0.1, 0.15) is 23.3 Å². The first-order valence-electron chi connectivity index (χ1n) is 9.22. The summed E-state index contributed by atoms with van der Waals surface area (Å²) in [6, 6.07) is 3.17. The first-order chi connectivity index (χ1) is 15.6. The van der Waals surface area contributed by atoms with Crippen molar-refractivity contribution in [3.63, 3.8) is 0 Å². The van der Waals surface area contributed by atoms with Crippen molar-refractivity contribution in [2.45, 2.75) is 19.0 Å². The number of nitrogens with one attached hydrogen (secondary N) is 2. The van der Waals surface area contributed by atoms with Crippen LogP contribution in [0.15, 0.2) is 49.6 Å². The molecule has 0 saturated heterocycles. The van der Waals surface area contributed by atoms with E-state index >= 15 is 0 Å². The molecule has 12 heteroatoms. The fourth-order valence-corrected chi connectivity index (χ4v) is 3.33. The van der Waals surface area contributed by atoms with Gasteiger partial charge in [-0.05, 0) is 36.3 Å². The van der Waals surface area contributed by atoms with Gasteiger partial charge in [-0.25, -0.2) is 9.83 Å². The molecule has 168 valence electrons.